The third kappa shape index (κ3) is 4.25. The second kappa shape index (κ2) is 9.09. The summed E-state index contributed by atoms with van der Waals surface area (Å²) in [6.45, 7) is 0.455. The molecule has 1 aliphatic heterocycles. The van der Waals surface area contributed by atoms with Gasteiger partial charge in [0, 0.05) is 13.0 Å². The van der Waals surface area contributed by atoms with Gasteiger partial charge in [0.15, 0.2) is 6.10 Å². The van der Waals surface area contributed by atoms with E-state index in [1.165, 1.54) is 17.0 Å². The van der Waals surface area contributed by atoms with Crippen LogP contribution < -0.4 is 5.56 Å². The summed E-state index contributed by atoms with van der Waals surface area (Å²) in [5.74, 6) is -0.144. The van der Waals surface area contributed by atoms with Gasteiger partial charge in [-0.15, -0.1) is 0 Å². The van der Waals surface area contributed by atoms with E-state index >= 15 is 0 Å². The number of hydrogen-bond donors (Lipinski definition) is 2. The summed E-state index contributed by atoms with van der Waals surface area (Å²) in [4.78, 5) is 35.7. The van der Waals surface area contributed by atoms with E-state index in [4.69, 9.17) is 4.98 Å². The highest BCUT2D eigenvalue weighted by molar-refractivity contribution is 5.83. The molecule has 2 heterocycles. The zero-order valence-corrected chi connectivity index (χ0v) is 20.2. The van der Waals surface area contributed by atoms with Crippen LogP contribution in [-0.2, 0) is 23.2 Å². The van der Waals surface area contributed by atoms with Crippen molar-refractivity contribution in [1.82, 2.24) is 14.9 Å². The predicted octanol–water partition coefficient (Wildman–Crippen LogP) is 4.27. The van der Waals surface area contributed by atoms with Crippen LogP contribution in [0.5, 0.6) is 0 Å². The molecule has 0 spiro atoms. The van der Waals surface area contributed by atoms with Crippen LogP contribution >= 0.6 is 0 Å². The number of nitrogens with zero attached hydrogens (tertiary/aromatic N) is 2. The van der Waals surface area contributed by atoms with E-state index in [1.807, 2.05) is 18.2 Å². The van der Waals surface area contributed by atoms with Crippen LogP contribution in [0, 0.1) is 5.82 Å². The number of halogens is 1. The Labute approximate surface area is 213 Å². The fourth-order valence-corrected chi connectivity index (χ4v) is 5.26. The smallest absolute Gasteiger partial charge is 0.256 e. The predicted molar refractivity (Wildman–Crippen MR) is 137 cm³/mol. The number of nitrogens with one attached hydrogen (secondary N) is 1. The van der Waals surface area contributed by atoms with Crippen LogP contribution in [0.3, 0.4) is 0 Å². The molecule has 37 heavy (non-hydrogen) atoms. The average Bonchev–Trinajstić information content (AvgIpc) is 3.75. The van der Waals surface area contributed by atoms with Gasteiger partial charge in [-0.25, -0.2) is 9.37 Å². The maximum atomic E-state index is 13.7. The quantitative estimate of drug-likeness (QED) is 0.433. The Bertz CT molecular complexity index is 1550. The zero-order valence-electron chi connectivity index (χ0n) is 20.2. The molecule has 1 atom stereocenters. The first kappa shape index (κ1) is 23.3. The molecule has 1 aliphatic carbocycles. The second-order valence-corrected chi connectivity index (χ2v) is 9.84. The number of benzene rings is 3. The van der Waals surface area contributed by atoms with Crippen molar-refractivity contribution in [3.8, 4) is 11.1 Å². The lowest BCUT2D eigenvalue weighted by Crippen LogP contribution is -2.42. The van der Waals surface area contributed by atoms with Crippen molar-refractivity contribution < 1.29 is 14.3 Å². The average molecular weight is 496 g/mol. The number of aromatic nitrogens is 2. The van der Waals surface area contributed by atoms with E-state index in [1.54, 1.807) is 36.4 Å². The fraction of sp³-hybridized carbons (Fsp3) is 0.233. The minimum Gasteiger partial charge on any atom is -0.378 e. The Kier molecular flexibility index (Phi) is 5.72. The molecule has 2 aliphatic rings. The highest BCUT2D eigenvalue weighted by Crippen LogP contribution is 2.51. The number of carbonyl (C=O) groups excluding carboxylic acids is 1. The molecule has 1 amide bonds. The van der Waals surface area contributed by atoms with Crippen molar-refractivity contribution in [1.29, 1.82) is 0 Å². The van der Waals surface area contributed by atoms with Gasteiger partial charge in [-0.2, -0.15) is 0 Å². The summed E-state index contributed by atoms with van der Waals surface area (Å²) in [6, 6.07) is 23.2. The molecule has 1 saturated carbocycles. The lowest BCUT2D eigenvalue weighted by atomic mass is 9.94. The number of aromatic amines is 1. The molecule has 0 radical (unpaired) electrons. The van der Waals surface area contributed by atoms with Gasteiger partial charge in [-0.05, 0) is 53.3 Å². The Hall–Kier alpha value is -4.10. The van der Waals surface area contributed by atoms with Gasteiger partial charge in [0.1, 0.15) is 11.6 Å². The number of H-pyrrole nitrogens is 1. The Morgan fingerprint density at radius 1 is 1.00 bits per heavy atom. The third-order valence-electron chi connectivity index (χ3n) is 7.50. The van der Waals surface area contributed by atoms with E-state index < -0.39 is 12.0 Å². The summed E-state index contributed by atoms with van der Waals surface area (Å²) in [5.41, 5.74) is 3.63. The van der Waals surface area contributed by atoms with E-state index in [9.17, 15) is 19.1 Å². The van der Waals surface area contributed by atoms with Crippen molar-refractivity contribution in [3.05, 3.63) is 123 Å². The number of amides is 1. The van der Waals surface area contributed by atoms with E-state index in [0.29, 0.717) is 46.7 Å². The van der Waals surface area contributed by atoms with Crippen LogP contribution in [0.2, 0.25) is 0 Å². The van der Waals surface area contributed by atoms with E-state index in [2.05, 4.69) is 17.1 Å². The molecular weight excluding hydrogens is 469 g/mol. The molecule has 6 nitrogen and oxygen atoms in total. The van der Waals surface area contributed by atoms with Gasteiger partial charge in [-0.3, -0.25) is 9.59 Å². The second-order valence-electron chi connectivity index (χ2n) is 9.84. The Morgan fingerprint density at radius 3 is 2.46 bits per heavy atom. The maximum Gasteiger partial charge on any atom is 0.256 e. The SMILES string of the molecule is O=C([C@@H](O)c1cccc(-c2cccc(F)c2)c1)N1CCc2nc(C3(c4ccccc4)CC3)[nH]c(=O)c2C1. The van der Waals surface area contributed by atoms with Gasteiger partial charge in [0.25, 0.3) is 11.5 Å². The molecule has 6 rings (SSSR count). The summed E-state index contributed by atoms with van der Waals surface area (Å²) < 4.78 is 13.7. The minimum atomic E-state index is -1.39. The monoisotopic (exact) mass is 495 g/mol. The first-order valence-corrected chi connectivity index (χ1v) is 12.5. The highest BCUT2D eigenvalue weighted by atomic mass is 19.1. The lowest BCUT2D eigenvalue weighted by Gasteiger charge is -2.30. The first-order valence-electron chi connectivity index (χ1n) is 12.5. The largest absolute Gasteiger partial charge is 0.378 e. The number of aliphatic hydroxyl groups is 1. The molecule has 1 fully saturated rings. The number of rotatable bonds is 5. The number of carbonyl (C=O) groups is 1. The molecule has 3 aromatic carbocycles. The normalized spacial score (nSPS) is 16.6. The van der Waals surface area contributed by atoms with Gasteiger partial charge >= 0.3 is 0 Å². The highest BCUT2D eigenvalue weighted by Gasteiger charge is 2.48. The van der Waals surface area contributed by atoms with Gasteiger partial charge in [0.2, 0.25) is 0 Å². The lowest BCUT2D eigenvalue weighted by molar-refractivity contribution is -0.141. The first-order chi connectivity index (χ1) is 17.9. The van der Waals surface area contributed by atoms with Crippen LogP contribution in [0.25, 0.3) is 11.1 Å². The standard InChI is InChI=1S/C30H26FN3O3/c31-23-11-5-7-20(17-23)19-6-4-8-21(16-19)26(35)28(37)34-15-12-25-24(18-34)27(36)33-29(32-25)30(13-14-30)22-9-2-1-3-10-22/h1-11,16-17,26,35H,12-15,18H2,(H,32,33,36)/t26-/m0/s1. The van der Waals surface area contributed by atoms with Crippen LogP contribution in [0.1, 0.15) is 47.2 Å². The third-order valence-corrected chi connectivity index (χ3v) is 7.50. The van der Waals surface area contributed by atoms with Gasteiger partial charge in [-0.1, -0.05) is 60.7 Å². The van der Waals surface area contributed by atoms with Crippen LogP contribution in [0.15, 0.2) is 83.7 Å². The van der Waals surface area contributed by atoms with Gasteiger partial charge in [0.05, 0.1) is 23.2 Å². The summed E-state index contributed by atoms with van der Waals surface area (Å²) in [5, 5.41) is 10.9. The van der Waals surface area contributed by atoms with Crippen LogP contribution in [-0.4, -0.2) is 32.4 Å². The van der Waals surface area contributed by atoms with Crippen molar-refractivity contribution in [2.45, 2.75) is 37.3 Å². The maximum absolute atomic E-state index is 13.7. The van der Waals surface area contributed by atoms with Crippen molar-refractivity contribution in [3.63, 3.8) is 0 Å². The van der Waals surface area contributed by atoms with E-state index in [0.717, 1.165) is 18.4 Å². The summed E-state index contributed by atoms with van der Waals surface area (Å²) >= 11 is 0. The topological polar surface area (TPSA) is 86.3 Å². The number of hydrogen-bond acceptors (Lipinski definition) is 4. The molecule has 1 aromatic heterocycles. The van der Waals surface area contributed by atoms with Gasteiger partial charge < -0.3 is 15.0 Å². The van der Waals surface area contributed by atoms with Crippen molar-refractivity contribution in [2.75, 3.05) is 6.54 Å². The fourth-order valence-electron chi connectivity index (χ4n) is 5.26. The Morgan fingerprint density at radius 2 is 1.73 bits per heavy atom. The van der Waals surface area contributed by atoms with E-state index in [-0.39, 0.29) is 23.3 Å². The molecule has 0 saturated heterocycles. The number of fused-ring (bicyclic) bond motifs is 1. The molecule has 0 bridgehead atoms. The molecule has 2 N–H and O–H groups in total. The molecular formula is C30H26FN3O3. The summed E-state index contributed by atoms with van der Waals surface area (Å²) in [6.07, 6.45) is 0.919. The van der Waals surface area contributed by atoms with Crippen molar-refractivity contribution >= 4 is 5.91 Å². The van der Waals surface area contributed by atoms with Crippen molar-refractivity contribution in [2.24, 2.45) is 0 Å². The van der Waals surface area contributed by atoms with Crippen LogP contribution in [0.4, 0.5) is 4.39 Å². The zero-order chi connectivity index (χ0) is 25.6. The summed E-state index contributed by atoms with van der Waals surface area (Å²) in [7, 11) is 0. The molecule has 4 aromatic rings. The minimum absolute atomic E-state index is 0.0930. The molecule has 0 unspecified atom stereocenters. The molecule has 186 valence electrons. The number of aliphatic hydroxyl groups excluding tert-OH is 1. The Balaban J connectivity index is 1.23. The molecule has 7 heteroatoms.